The molecule has 0 saturated carbocycles. The Morgan fingerprint density at radius 3 is 2.29 bits per heavy atom. The summed E-state index contributed by atoms with van der Waals surface area (Å²) in [6.07, 6.45) is 3.69. The van der Waals surface area contributed by atoms with Crippen molar-refractivity contribution in [3.05, 3.63) is 0 Å². The van der Waals surface area contributed by atoms with E-state index >= 15 is 0 Å². The fraction of sp³-hybridized carbons (Fsp3) is 0.800. The average Bonchev–Trinajstić information content (AvgIpc) is 2.12. The largest absolute Gasteiger partial charge is 0.338 e. The molecule has 0 aliphatic carbocycles. The summed E-state index contributed by atoms with van der Waals surface area (Å²) in [6, 6.07) is -0.178. The molecule has 0 rings (SSSR count). The van der Waals surface area contributed by atoms with E-state index in [1.165, 1.54) is 6.92 Å². The third-order valence-corrected chi connectivity index (χ3v) is 1.83. The molecule has 0 aliphatic rings. The molecule has 2 N–H and O–H groups in total. The van der Waals surface area contributed by atoms with Crippen molar-refractivity contribution in [1.82, 2.24) is 10.6 Å². The Balaban J connectivity index is 3.24. The highest BCUT2D eigenvalue weighted by atomic mass is 16.2. The number of urea groups is 1. The summed E-state index contributed by atoms with van der Waals surface area (Å²) < 4.78 is 0. The van der Waals surface area contributed by atoms with Crippen LogP contribution in [0.4, 0.5) is 4.79 Å². The SMILES string of the molecule is CCCCCNC(=O)NCCC(C)=O. The Morgan fingerprint density at radius 2 is 1.71 bits per heavy atom. The summed E-state index contributed by atoms with van der Waals surface area (Å²) in [7, 11) is 0. The third kappa shape index (κ3) is 9.03. The van der Waals surface area contributed by atoms with Crippen LogP contribution in [0.5, 0.6) is 0 Å². The second-order valence-electron chi connectivity index (χ2n) is 3.34. The van der Waals surface area contributed by atoms with E-state index in [4.69, 9.17) is 0 Å². The van der Waals surface area contributed by atoms with E-state index in [0.717, 1.165) is 19.3 Å². The first-order valence-corrected chi connectivity index (χ1v) is 5.18. The Labute approximate surface area is 85.4 Å². The standard InChI is InChI=1S/C10H20N2O2/c1-3-4-5-7-11-10(14)12-8-6-9(2)13/h3-8H2,1-2H3,(H2,11,12,14). The Morgan fingerprint density at radius 1 is 1.07 bits per heavy atom. The van der Waals surface area contributed by atoms with Crippen LogP contribution < -0.4 is 10.6 Å². The van der Waals surface area contributed by atoms with E-state index in [0.29, 0.717) is 19.5 Å². The zero-order chi connectivity index (χ0) is 10.8. The summed E-state index contributed by atoms with van der Waals surface area (Å²) in [5.41, 5.74) is 0. The van der Waals surface area contributed by atoms with Gasteiger partial charge in [-0.2, -0.15) is 0 Å². The number of nitrogens with one attached hydrogen (secondary N) is 2. The number of carbonyl (C=O) groups excluding carboxylic acids is 2. The second kappa shape index (κ2) is 8.53. The summed E-state index contributed by atoms with van der Waals surface area (Å²) >= 11 is 0. The number of hydrogen-bond donors (Lipinski definition) is 2. The summed E-state index contributed by atoms with van der Waals surface area (Å²) in [5.74, 6) is 0.0938. The molecule has 0 saturated heterocycles. The second-order valence-corrected chi connectivity index (χ2v) is 3.34. The maximum Gasteiger partial charge on any atom is 0.314 e. The van der Waals surface area contributed by atoms with Gasteiger partial charge in [-0.3, -0.25) is 4.79 Å². The van der Waals surface area contributed by atoms with Crippen LogP contribution in [0.2, 0.25) is 0 Å². The fourth-order valence-electron chi connectivity index (χ4n) is 0.991. The predicted octanol–water partition coefficient (Wildman–Crippen LogP) is 1.45. The molecule has 0 aromatic rings. The highest BCUT2D eigenvalue weighted by Gasteiger charge is 1.98. The van der Waals surface area contributed by atoms with Crippen LogP contribution in [0.1, 0.15) is 39.5 Å². The van der Waals surface area contributed by atoms with Crippen LogP contribution in [0.25, 0.3) is 0 Å². The molecule has 0 aromatic heterocycles. The van der Waals surface area contributed by atoms with Crippen molar-refractivity contribution < 1.29 is 9.59 Å². The monoisotopic (exact) mass is 200 g/mol. The van der Waals surface area contributed by atoms with Gasteiger partial charge in [0.1, 0.15) is 5.78 Å². The molecule has 4 nitrogen and oxygen atoms in total. The van der Waals surface area contributed by atoms with Crippen LogP contribution >= 0.6 is 0 Å². The zero-order valence-electron chi connectivity index (χ0n) is 9.06. The highest BCUT2D eigenvalue weighted by molar-refractivity contribution is 5.77. The molecule has 0 radical (unpaired) electrons. The van der Waals surface area contributed by atoms with Crippen LogP contribution in [-0.4, -0.2) is 24.9 Å². The molecule has 0 aliphatic heterocycles. The van der Waals surface area contributed by atoms with E-state index in [-0.39, 0.29) is 11.8 Å². The van der Waals surface area contributed by atoms with E-state index in [9.17, 15) is 9.59 Å². The minimum atomic E-state index is -0.178. The van der Waals surface area contributed by atoms with Crippen molar-refractivity contribution in [1.29, 1.82) is 0 Å². The molecule has 2 amide bonds. The minimum Gasteiger partial charge on any atom is -0.338 e. The van der Waals surface area contributed by atoms with Gasteiger partial charge in [0.25, 0.3) is 0 Å². The van der Waals surface area contributed by atoms with E-state index < -0.39 is 0 Å². The van der Waals surface area contributed by atoms with Gasteiger partial charge in [-0.15, -0.1) is 0 Å². The van der Waals surface area contributed by atoms with Crippen molar-refractivity contribution in [3.63, 3.8) is 0 Å². The maximum absolute atomic E-state index is 11.1. The molecule has 82 valence electrons. The third-order valence-electron chi connectivity index (χ3n) is 1.83. The van der Waals surface area contributed by atoms with Gasteiger partial charge in [-0.25, -0.2) is 4.79 Å². The number of Topliss-reactive ketones (excluding diaryl/α,β-unsaturated/α-hetero) is 1. The predicted molar refractivity (Wildman–Crippen MR) is 56.2 cm³/mol. The first-order chi connectivity index (χ1) is 6.66. The fourth-order valence-corrected chi connectivity index (χ4v) is 0.991. The molecule has 0 aromatic carbocycles. The molecule has 14 heavy (non-hydrogen) atoms. The summed E-state index contributed by atoms with van der Waals surface area (Å²) in [4.78, 5) is 21.6. The number of carbonyl (C=O) groups is 2. The quantitative estimate of drug-likeness (QED) is 0.611. The lowest BCUT2D eigenvalue weighted by Gasteiger charge is -2.05. The van der Waals surface area contributed by atoms with Crippen LogP contribution in [0.3, 0.4) is 0 Å². The van der Waals surface area contributed by atoms with Crippen LogP contribution in [0, 0.1) is 0 Å². The van der Waals surface area contributed by atoms with Gasteiger partial charge in [-0.05, 0) is 13.3 Å². The van der Waals surface area contributed by atoms with E-state index in [1.54, 1.807) is 0 Å². The topological polar surface area (TPSA) is 58.2 Å². The first kappa shape index (κ1) is 12.9. The lowest BCUT2D eigenvalue weighted by atomic mass is 10.2. The molecule has 0 unspecified atom stereocenters. The molecular formula is C10H20N2O2. The smallest absolute Gasteiger partial charge is 0.314 e. The molecule has 0 spiro atoms. The number of hydrogen-bond acceptors (Lipinski definition) is 2. The van der Waals surface area contributed by atoms with Crippen molar-refractivity contribution >= 4 is 11.8 Å². The summed E-state index contributed by atoms with van der Waals surface area (Å²) in [6.45, 7) is 4.77. The van der Waals surface area contributed by atoms with Crippen molar-refractivity contribution in [3.8, 4) is 0 Å². The van der Waals surface area contributed by atoms with Gasteiger partial charge in [0, 0.05) is 19.5 Å². The van der Waals surface area contributed by atoms with Gasteiger partial charge < -0.3 is 10.6 Å². The van der Waals surface area contributed by atoms with Gasteiger partial charge in [0.2, 0.25) is 0 Å². The lowest BCUT2D eigenvalue weighted by Crippen LogP contribution is -2.36. The van der Waals surface area contributed by atoms with E-state index in [2.05, 4.69) is 17.6 Å². The molecule has 0 heterocycles. The van der Waals surface area contributed by atoms with Gasteiger partial charge in [0.15, 0.2) is 0 Å². The molecule has 0 fully saturated rings. The van der Waals surface area contributed by atoms with E-state index in [1.807, 2.05) is 0 Å². The highest BCUT2D eigenvalue weighted by Crippen LogP contribution is 1.90. The molecule has 0 atom stereocenters. The molecule has 0 bridgehead atoms. The van der Waals surface area contributed by atoms with Crippen molar-refractivity contribution in [2.24, 2.45) is 0 Å². The number of unbranched alkanes of at least 4 members (excludes halogenated alkanes) is 2. The molecular weight excluding hydrogens is 180 g/mol. The first-order valence-electron chi connectivity index (χ1n) is 5.18. The van der Waals surface area contributed by atoms with Gasteiger partial charge >= 0.3 is 6.03 Å². The van der Waals surface area contributed by atoms with Crippen LogP contribution in [-0.2, 0) is 4.79 Å². The Bertz CT molecular complexity index is 181. The Hall–Kier alpha value is -1.06. The van der Waals surface area contributed by atoms with Gasteiger partial charge in [0.05, 0.1) is 0 Å². The normalized spacial score (nSPS) is 9.57. The minimum absolute atomic E-state index is 0.0938. The zero-order valence-corrected chi connectivity index (χ0v) is 9.06. The average molecular weight is 200 g/mol. The Kier molecular flexibility index (Phi) is 7.89. The van der Waals surface area contributed by atoms with Crippen molar-refractivity contribution in [2.75, 3.05) is 13.1 Å². The maximum atomic E-state index is 11.1. The van der Waals surface area contributed by atoms with Gasteiger partial charge in [-0.1, -0.05) is 19.8 Å². The lowest BCUT2D eigenvalue weighted by molar-refractivity contribution is -0.116. The number of ketones is 1. The molecule has 4 heteroatoms. The van der Waals surface area contributed by atoms with Crippen molar-refractivity contribution in [2.45, 2.75) is 39.5 Å². The number of amides is 2. The summed E-state index contributed by atoms with van der Waals surface area (Å²) in [5, 5.41) is 5.35. The number of rotatable bonds is 7. The van der Waals surface area contributed by atoms with Crippen LogP contribution in [0.15, 0.2) is 0 Å².